The average Bonchev–Trinajstić information content (AvgIpc) is 2.84. The van der Waals surface area contributed by atoms with Crippen molar-refractivity contribution < 1.29 is 4.79 Å². The second-order valence-electron chi connectivity index (χ2n) is 7.36. The van der Waals surface area contributed by atoms with Crippen LogP contribution in [0.3, 0.4) is 0 Å². The molecule has 2 aliphatic heterocycles. The van der Waals surface area contributed by atoms with E-state index >= 15 is 0 Å². The van der Waals surface area contributed by atoms with Gasteiger partial charge in [-0.25, -0.2) is 4.98 Å². The van der Waals surface area contributed by atoms with Crippen molar-refractivity contribution in [1.29, 1.82) is 5.26 Å². The summed E-state index contributed by atoms with van der Waals surface area (Å²) in [6.07, 6.45) is 1.80. The third-order valence-corrected chi connectivity index (χ3v) is 5.81. The number of carbonyl (C=O) groups is 1. The van der Waals surface area contributed by atoms with Crippen LogP contribution in [0.5, 0.6) is 0 Å². The molecule has 0 aliphatic carbocycles. The number of rotatable bonds is 1. The molecule has 1 atom stereocenters. The smallest absolute Gasteiger partial charge is 0.239 e. The Morgan fingerprint density at radius 3 is 2.77 bits per heavy atom. The van der Waals surface area contributed by atoms with E-state index in [-0.39, 0.29) is 5.91 Å². The van der Waals surface area contributed by atoms with Crippen LogP contribution in [0.1, 0.15) is 35.2 Å². The number of nitrogens with zero attached hydrogens (tertiary/aromatic N) is 4. The van der Waals surface area contributed by atoms with Crippen LogP contribution in [-0.4, -0.2) is 31.0 Å². The summed E-state index contributed by atoms with van der Waals surface area (Å²) in [6.45, 7) is 5.32. The lowest BCUT2D eigenvalue weighted by Gasteiger charge is -2.40. The standard InChI is InChI=1S/C21H22N4O/c1-14-11-19(23-15(2)16(14)12-22)25-10-6-9-21(13-25)17-7-4-5-8-18(17)24(3)20(21)26/h4-5,7-8,11H,6,9-10,13H2,1-3H3. The monoisotopic (exact) mass is 346 g/mol. The quantitative estimate of drug-likeness (QED) is 0.796. The van der Waals surface area contributed by atoms with Crippen LogP contribution >= 0.6 is 0 Å². The van der Waals surface area contributed by atoms with Gasteiger partial charge >= 0.3 is 0 Å². The minimum absolute atomic E-state index is 0.172. The molecule has 2 aromatic rings. The second-order valence-corrected chi connectivity index (χ2v) is 7.36. The van der Waals surface area contributed by atoms with E-state index in [1.807, 2.05) is 45.2 Å². The first-order valence-electron chi connectivity index (χ1n) is 8.99. The number of hydrogen-bond acceptors (Lipinski definition) is 4. The largest absolute Gasteiger partial charge is 0.355 e. The molecule has 1 saturated heterocycles. The molecule has 1 spiro atoms. The summed E-state index contributed by atoms with van der Waals surface area (Å²) >= 11 is 0. The fourth-order valence-corrected chi connectivity index (χ4v) is 4.50. The number of aromatic nitrogens is 1. The van der Waals surface area contributed by atoms with Gasteiger partial charge in [-0.15, -0.1) is 0 Å². The van der Waals surface area contributed by atoms with Crippen LogP contribution in [0.15, 0.2) is 30.3 Å². The zero-order valence-corrected chi connectivity index (χ0v) is 15.4. The summed E-state index contributed by atoms with van der Waals surface area (Å²) in [5, 5.41) is 9.29. The van der Waals surface area contributed by atoms with E-state index < -0.39 is 5.41 Å². The van der Waals surface area contributed by atoms with Crippen LogP contribution in [0, 0.1) is 25.2 Å². The molecule has 5 nitrogen and oxygen atoms in total. The molecule has 1 aromatic carbocycles. The molecule has 1 fully saturated rings. The Balaban J connectivity index is 1.76. The molecule has 0 bridgehead atoms. The number of anilines is 2. The molecule has 132 valence electrons. The highest BCUT2D eigenvalue weighted by Gasteiger charge is 2.51. The number of piperidine rings is 1. The highest BCUT2D eigenvalue weighted by Crippen LogP contribution is 2.46. The number of amides is 1. The second kappa shape index (κ2) is 5.84. The number of likely N-dealkylation sites (N-methyl/N-ethyl adjacent to an activating group) is 1. The first-order valence-corrected chi connectivity index (χ1v) is 8.99. The zero-order chi connectivity index (χ0) is 18.5. The number of pyridine rings is 1. The minimum Gasteiger partial charge on any atom is -0.355 e. The number of fused-ring (bicyclic) bond motifs is 2. The van der Waals surface area contributed by atoms with E-state index in [1.165, 1.54) is 0 Å². The third kappa shape index (κ3) is 2.22. The van der Waals surface area contributed by atoms with E-state index in [1.54, 1.807) is 4.90 Å². The number of aryl methyl sites for hydroxylation is 2. The Morgan fingerprint density at radius 1 is 1.27 bits per heavy atom. The Bertz CT molecular complexity index is 922. The van der Waals surface area contributed by atoms with Gasteiger partial charge in [-0.05, 0) is 49.9 Å². The molecular formula is C21H22N4O. The summed E-state index contributed by atoms with van der Waals surface area (Å²) in [6, 6.07) is 12.3. The van der Waals surface area contributed by atoms with E-state index in [2.05, 4.69) is 22.0 Å². The van der Waals surface area contributed by atoms with Gasteiger partial charge in [0.25, 0.3) is 0 Å². The first kappa shape index (κ1) is 16.6. The molecule has 2 aliphatic rings. The molecule has 1 amide bonds. The summed E-state index contributed by atoms with van der Waals surface area (Å²) in [5.41, 5.74) is 3.96. The predicted molar refractivity (Wildman–Crippen MR) is 101 cm³/mol. The molecule has 26 heavy (non-hydrogen) atoms. The number of nitriles is 1. The van der Waals surface area contributed by atoms with Gasteiger partial charge in [0.1, 0.15) is 11.9 Å². The van der Waals surface area contributed by atoms with Crippen molar-refractivity contribution in [1.82, 2.24) is 4.98 Å². The summed E-state index contributed by atoms with van der Waals surface area (Å²) in [7, 11) is 1.86. The average molecular weight is 346 g/mol. The lowest BCUT2D eigenvalue weighted by Crippen LogP contribution is -2.51. The number of hydrogen-bond donors (Lipinski definition) is 0. The van der Waals surface area contributed by atoms with Gasteiger partial charge in [-0.1, -0.05) is 18.2 Å². The van der Waals surface area contributed by atoms with Crippen LogP contribution in [-0.2, 0) is 10.2 Å². The topological polar surface area (TPSA) is 60.2 Å². The van der Waals surface area contributed by atoms with Crippen molar-refractivity contribution in [3.05, 3.63) is 52.7 Å². The summed E-state index contributed by atoms with van der Waals surface area (Å²) in [4.78, 5) is 21.8. The Hall–Kier alpha value is -2.87. The maximum atomic E-state index is 13.2. The number of benzene rings is 1. The molecule has 3 heterocycles. The lowest BCUT2D eigenvalue weighted by atomic mass is 9.75. The van der Waals surface area contributed by atoms with Crippen LogP contribution in [0.25, 0.3) is 0 Å². The number of para-hydroxylation sites is 1. The van der Waals surface area contributed by atoms with Crippen molar-refractivity contribution in [3.8, 4) is 6.07 Å². The highest BCUT2D eigenvalue weighted by atomic mass is 16.2. The Labute approximate surface area is 153 Å². The highest BCUT2D eigenvalue weighted by molar-refractivity contribution is 6.08. The van der Waals surface area contributed by atoms with Crippen LogP contribution in [0.2, 0.25) is 0 Å². The lowest BCUT2D eigenvalue weighted by molar-refractivity contribution is -0.123. The first-order chi connectivity index (χ1) is 12.5. The Morgan fingerprint density at radius 2 is 2.04 bits per heavy atom. The van der Waals surface area contributed by atoms with Gasteiger partial charge in [0, 0.05) is 25.8 Å². The van der Waals surface area contributed by atoms with Crippen molar-refractivity contribution in [3.63, 3.8) is 0 Å². The van der Waals surface area contributed by atoms with Gasteiger partial charge in [0.2, 0.25) is 5.91 Å². The maximum absolute atomic E-state index is 13.2. The van der Waals surface area contributed by atoms with Crippen molar-refractivity contribution in [2.24, 2.45) is 0 Å². The molecule has 5 heteroatoms. The summed E-state index contributed by atoms with van der Waals surface area (Å²) in [5.74, 6) is 1.03. The van der Waals surface area contributed by atoms with E-state index in [0.717, 1.165) is 47.7 Å². The normalized spacial score (nSPS) is 21.8. The molecule has 0 radical (unpaired) electrons. The predicted octanol–water partition coefficient (Wildman–Crippen LogP) is 3.08. The van der Waals surface area contributed by atoms with Crippen LogP contribution < -0.4 is 9.80 Å². The van der Waals surface area contributed by atoms with E-state index in [0.29, 0.717) is 12.1 Å². The van der Waals surface area contributed by atoms with Crippen molar-refractivity contribution >= 4 is 17.4 Å². The zero-order valence-electron chi connectivity index (χ0n) is 15.4. The van der Waals surface area contributed by atoms with E-state index in [9.17, 15) is 10.1 Å². The van der Waals surface area contributed by atoms with Gasteiger partial charge in [0.15, 0.2) is 0 Å². The van der Waals surface area contributed by atoms with Crippen molar-refractivity contribution in [2.75, 3.05) is 29.9 Å². The van der Waals surface area contributed by atoms with Gasteiger partial charge in [0.05, 0.1) is 16.7 Å². The van der Waals surface area contributed by atoms with Gasteiger partial charge < -0.3 is 9.80 Å². The van der Waals surface area contributed by atoms with Gasteiger partial charge in [-0.3, -0.25) is 4.79 Å². The molecule has 1 unspecified atom stereocenters. The fourth-order valence-electron chi connectivity index (χ4n) is 4.50. The SMILES string of the molecule is Cc1cc(N2CCCC3(C2)C(=O)N(C)c2ccccc23)nc(C)c1C#N. The molecular weight excluding hydrogens is 324 g/mol. The Kier molecular flexibility index (Phi) is 3.73. The minimum atomic E-state index is -0.499. The van der Waals surface area contributed by atoms with Crippen LogP contribution in [0.4, 0.5) is 11.5 Å². The molecule has 0 saturated carbocycles. The molecule has 0 N–H and O–H groups in total. The van der Waals surface area contributed by atoms with E-state index in [4.69, 9.17) is 0 Å². The number of carbonyl (C=O) groups excluding carboxylic acids is 1. The third-order valence-electron chi connectivity index (χ3n) is 5.81. The summed E-state index contributed by atoms with van der Waals surface area (Å²) < 4.78 is 0. The molecule has 1 aromatic heterocycles. The fraction of sp³-hybridized carbons (Fsp3) is 0.381. The van der Waals surface area contributed by atoms with Gasteiger partial charge in [-0.2, -0.15) is 5.26 Å². The maximum Gasteiger partial charge on any atom is 0.239 e. The van der Waals surface area contributed by atoms with Crippen molar-refractivity contribution in [2.45, 2.75) is 32.1 Å². The molecule has 4 rings (SSSR count).